The van der Waals surface area contributed by atoms with Crippen LogP contribution < -0.4 is 15.4 Å². The number of carbonyl (C=O) groups is 4. The topological polar surface area (TPSA) is 148 Å². The van der Waals surface area contributed by atoms with Crippen LogP contribution >= 0.6 is 0 Å². The molecule has 2 aliphatic carbocycles. The maximum absolute atomic E-state index is 15.1. The highest BCUT2D eigenvalue weighted by Crippen LogP contribution is 2.87. The molecule has 16 heteroatoms. The van der Waals surface area contributed by atoms with Crippen molar-refractivity contribution >= 4 is 40.1 Å². The molecule has 2 N–H and O–H groups in total. The summed E-state index contributed by atoms with van der Waals surface area (Å²) in [5.74, 6) is -4.06. The summed E-state index contributed by atoms with van der Waals surface area (Å²) in [5, 5.41) is 10.6. The average Bonchev–Trinajstić information content (AvgIpc) is 3.71. The van der Waals surface area contributed by atoms with Gasteiger partial charge in [-0.05, 0) is 67.5 Å². The molecule has 1 spiro atoms. The van der Waals surface area contributed by atoms with Crippen molar-refractivity contribution in [3.05, 3.63) is 65.6 Å². The Hall–Kier alpha value is -5.41. The molecule has 2 aromatic heterocycles. The zero-order valence-corrected chi connectivity index (χ0v) is 28.8. The van der Waals surface area contributed by atoms with Gasteiger partial charge in [0.1, 0.15) is 24.1 Å². The van der Waals surface area contributed by atoms with Crippen molar-refractivity contribution in [3.63, 3.8) is 0 Å². The Balaban J connectivity index is 1.16. The van der Waals surface area contributed by atoms with E-state index in [0.717, 1.165) is 54.2 Å². The number of hydrogen-bond acceptors (Lipinski definition) is 8. The van der Waals surface area contributed by atoms with Crippen LogP contribution in [0, 0.1) is 30.0 Å². The number of alkyl halides is 3. The maximum atomic E-state index is 15.1. The molecule has 2 saturated carbocycles. The SMILES string of the molecule is CC(=O)c1nn2c3c(cc(-c4cnc(C)nc4)cc13)CCCCCCC(=O)NC[C@@]13C4[C@@H](C(=O)Nc5cccc(OC(F)(F)F)c5F)N(C(=O)C2)[C@@H]1[C@H]43. The summed E-state index contributed by atoms with van der Waals surface area (Å²) in [7, 11) is 0. The van der Waals surface area contributed by atoms with Crippen LogP contribution in [0.25, 0.3) is 22.0 Å². The van der Waals surface area contributed by atoms with Gasteiger partial charge < -0.3 is 20.3 Å². The summed E-state index contributed by atoms with van der Waals surface area (Å²) < 4.78 is 59.1. The Morgan fingerprint density at radius 2 is 1.75 bits per heavy atom. The van der Waals surface area contributed by atoms with Crippen molar-refractivity contribution in [2.75, 3.05) is 11.9 Å². The van der Waals surface area contributed by atoms with Crippen LogP contribution in [-0.2, 0) is 27.3 Å². The van der Waals surface area contributed by atoms with Crippen LogP contribution in [0.3, 0.4) is 0 Å². The summed E-state index contributed by atoms with van der Waals surface area (Å²) in [4.78, 5) is 64.2. The minimum Gasteiger partial charge on any atom is -0.403 e. The van der Waals surface area contributed by atoms with Crippen LogP contribution in [0.2, 0.25) is 0 Å². The number of ketones is 1. The Morgan fingerprint density at radius 1 is 1.02 bits per heavy atom. The third-order valence-corrected chi connectivity index (χ3v) is 11.1. The molecule has 3 amide bonds. The molecule has 9 rings (SSSR count). The highest BCUT2D eigenvalue weighted by Gasteiger charge is 2.96. The maximum Gasteiger partial charge on any atom is 0.573 e. The molecule has 0 radical (unpaired) electrons. The lowest BCUT2D eigenvalue weighted by Gasteiger charge is -2.24. The van der Waals surface area contributed by atoms with Gasteiger partial charge in [-0.15, -0.1) is 13.2 Å². The Kier molecular flexibility index (Phi) is 8.26. The fourth-order valence-electron chi connectivity index (χ4n) is 8.67. The van der Waals surface area contributed by atoms with Gasteiger partial charge >= 0.3 is 6.36 Å². The molecule has 4 aromatic rings. The van der Waals surface area contributed by atoms with Crippen LogP contribution in [0.4, 0.5) is 23.2 Å². The van der Waals surface area contributed by atoms with Crippen molar-refractivity contribution < 1.29 is 41.5 Å². The van der Waals surface area contributed by atoms with Gasteiger partial charge in [0.15, 0.2) is 17.3 Å². The fourth-order valence-corrected chi connectivity index (χ4v) is 8.67. The number of aryl methyl sites for hydroxylation is 2. The molecule has 4 fully saturated rings. The van der Waals surface area contributed by atoms with E-state index >= 15 is 4.39 Å². The minimum absolute atomic E-state index is 0.0943. The number of carbonyl (C=O) groups excluding carboxylic acids is 4. The molecule has 5 aliphatic rings. The summed E-state index contributed by atoms with van der Waals surface area (Å²) in [6.07, 6.45) is 2.28. The largest absolute Gasteiger partial charge is 0.573 e. The van der Waals surface area contributed by atoms with E-state index < -0.39 is 52.9 Å². The minimum atomic E-state index is -5.16. The molecule has 12 nitrogen and oxygen atoms in total. The molecule has 3 aliphatic heterocycles. The van der Waals surface area contributed by atoms with Gasteiger partial charge in [-0.1, -0.05) is 18.9 Å². The number of rotatable bonds is 5. The monoisotopic (exact) mass is 733 g/mol. The molecule has 5 heterocycles. The standard InChI is InChI=1S/C37H35F4N7O5/c1-18(49)31-23-13-21(22-14-42-19(2)43-15-22)12-20-8-5-3-4-6-11-26(50)44-17-36-28-29(36)34(36)48(27(51)16-47(46-31)32(20)23)33(28)35(52)45-24-9-7-10-25(30(24)38)53-37(39,40)41/h7,9-10,12-15,28-29,33-34H,3-6,8,11,16-17H2,1-2H3,(H,44,50)(H,45,52)/t28?,29-,33-,34+,36-/m0/s1. The van der Waals surface area contributed by atoms with E-state index in [1.165, 1.54) is 16.5 Å². The molecule has 4 bridgehead atoms. The van der Waals surface area contributed by atoms with E-state index in [-0.39, 0.29) is 42.3 Å². The number of benzene rings is 2. The molecular weight excluding hydrogens is 698 g/mol. The first-order chi connectivity index (χ1) is 25.3. The normalized spacial score (nSPS) is 25.4. The number of nitrogens with zero attached hydrogens (tertiary/aromatic N) is 5. The second-order valence-electron chi connectivity index (χ2n) is 14.3. The van der Waals surface area contributed by atoms with Crippen molar-refractivity contribution in [2.45, 2.75) is 77.4 Å². The molecule has 2 saturated heterocycles. The molecule has 5 atom stereocenters. The molecule has 1 unspecified atom stereocenters. The summed E-state index contributed by atoms with van der Waals surface area (Å²) in [5.41, 5.74) is 2.08. The summed E-state index contributed by atoms with van der Waals surface area (Å²) in [6, 6.07) is 5.34. The lowest BCUT2D eigenvalue weighted by atomic mass is 9.96. The number of anilines is 1. The van der Waals surface area contributed by atoms with Crippen molar-refractivity contribution in [1.29, 1.82) is 0 Å². The first-order valence-electron chi connectivity index (χ1n) is 17.5. The van der Waals surface area contributed by atoms with Crippen LogP contribution in [-0.4, -0.2) is 73.1 Å². The second-order valence-corrected chi connectivity index (χ2v) is 14.3. The first-order valence-corrected chi connectivity index (χ1v) is 17.5. The van der Waals surface area contributed by atoms with E-state index in [1.807, 2.05) is 12.1 Å². The van der Waals surface area contributed by atoms with E-state index in [2.05, 4.69) is 30.4 Å². The Bertz CT molecular complexity index is 2190. The van der Waals surface area contributed by atoms with Gasteiger partial charge in [-0.3, -0.25) is 23.9 Å². The number of amides is 3. The Morgan fingerprint density at radius 3 is 2.47 bits per heavy atom. The number of Topliss-reactive ketones (excluding diaryl/α,β-unsaturated/α-hetero) is 1. The van der Waals surface area contributed by atoms with Gasteiger partial charge in [-0.25, -0.2) is 14.4 Å². The second kappa shape index (κ2) is 12.6. The number of hydrogen-bond donors (Lipinski definition) is 2. The van der Waals surface area contributed by atoms with Crippen LogP contribution in [0.5, 0.6) is 5.75 Å². The quantitative estimate of drug-likeness (QED) is 0.212. The summed E-state index contributed by atoms with van der Waals surface area (Å²) in [6.45, 7) is 3.11. The predicted molar refractivity (Wildman–Crippen MR) is 181 cm³/mol. The molecule has 2 aromatic carbocycles. The fraction of sp³-hybridized carbons (Fsp3) is 0.432. The van der Waals surface area contributed by atoms with Crippen molar-refractivity contribution in [3.8, 4) is 16.9 Å². The first kappa shape index (κ1) is 34.7. The van der Waals surface area contributed by atoms with Crippen molar-refractivity contribution in [1.82, 2.24) is 30.0 Å². The van der Waals surface area contributed by atoms with Gasteiger partial charge in [0.25, 0.3) is 0 Å². The zero-order chi connectivity index (χ0) is 37.4. The highest BCUT2D eigenvalue weighted by atomic mass is 19.4. The van der Waals surface area contributed by atoms with E-state index in [9.17, 15) is 32.3 Å². The smallest absolute Gasteiger partial charge is 0.403 e. The van der Waals surface area contributed by atoms with Gasteiger partial charge in [0, 0.05) is 60.6 Å². The van der Waals surface area contributed by atoms with Crippen molar-refractivity contribution in [2.24, 2.45) is 17.3 Å². The number of aromatic nitrogens is 4. The van der Waals surface area contributed by atoms with E-state index in [4.69, 9.17) is 0 Å². The predicted octanol–water partition coefficient (Wildman–Crippen LogP) is 5.13. The molecular formula is C37H35F4N7O5. The van der Waals surface area contributed by atoms with Gasteiger partial charge in [-0.2, -0.15) is 5.10 Å². The lowest BCUT2D eigenvalue weighted by molar-refractivity contribution is -0.275. The third-order valence-electron chi connectivity index (χ3n) is 11.1. The van der Waals surface area contributed by atoms with E-state index in [1.54, 1.807) is 19.3 Å². The van der Waals surface area contributed by atoms with Crippen LogP contribution in [0.15, 0.2) is 42.7 Å². The molecule has 276 valence electrons. The van der Waals surface area contributed by atoms with Gasteiger partial charge in [0.05, 0.1) is 11.2 Å². The highest BCUT2D eigenvalue weighted by molar-refractivity contribution is 6.07. The average molecular weight is 734 g/mol. The summed E-state index contributed by atoms with van der Waals surface area (Å²) >= 11 is 0. The lowest BCUT2D eigenvalue weighted by Crippen LogP contribution is -2.45. The number of nitrogens with one attached hydrogen (secondary N) is 2. The number of ether oxygens (including phenoxy) is 1. The molecule has 53 heavy (non-hydrogen) atoms. The third kappa shape index (κ3) is 5.97. The number of halogens is 4. The Labute approximate surface area is 300 Å². The van der Waals surface area contributed by atoms with Crippen LogP contribution in [0.1, 0.15) is 60.9 Å². The number of piperidine rings is 1. The zero-order valence-electron chi connectivity index (χ0n) is 28.8. The van der Waals surface area contributed by atoms with Gasteiger partial charge in [0.2, 0.25) is 17.7 Å². The van der Waals surface area contributed by atoms with E-state index in [0.29, 0.717) is 36.0 Å².